The van der Waals surface area contributed by atoms with E-state index in [1.165, 1.54) is 31.0 Å². The molecule has 1 aromatic carbocycles. The lowest BCUT2D eigenvalue weighted by Gasteiger charge is -2.17. The molecule has 6 heteroatoms. The van der Waals surface area contributed by atoms with Crippen molar-refractivity contribution in [3.63, 3.8) is 0 Å². The fourth-order valence-electron chi connectivity index (χ4n) is 3.29. The normalized spacial score (nSPS) is 19.5. The molecule has 132 valence electrons. The van der Waals surface area contributed by atoms with Crippen LogP contribution in [-0.2, 0) is 4.79 Å². The van der Waals surface area contributed by atoms with Gasteiger partial charge in [0.15, 0.2) is 0 Å². The number of hydrogen-bond donors (Lipinski definition) is 1. The molecule has 2 aromatic rings. The average Bonchev–Trinajstić information content (AvgIpc) is 3.35. The molecule has 2 aliphatic carbocycles. The molecule has 0 radical (unpaired) electrons. The molecule has 5 nitrogen and oxygen atoms in total. The second-order valence-electron chi connectivity index (χ2n) is 6.93. The highest BCUT2D eigenvalue weighted by Crippen LogP contribution is 2.38. The Morgan fingerprint density at radius 1 is 1.08 bits per heavy atom. The Morgan fingerprint density at radius 2 is 1.84 bits per heavy atom. The SMILES string of the molecule is O=C(NC1CC1)C(Sc1nnc(C2CCCCC2)o1)c1ccccc1. The lowest BCUT2D eigenvalue weighted by Crippen LogP contribution is -2.29. The topological polar surface area (TPSA) is 68.0 Å². The number of hydrogen-bond acceptors (Lipinski definition) is 5. The summed E-state index contributed by atoms with van der Waals surface area (Å²) >= 11 is 1.35. The van der Waals surface area contributed by atoms with Gasteiger partial charge in [-0.2, -0.15) is 0 Å². The maximum atomic E-state index is 12.7. The van der Waals surface area contributed by atoms with Crippen LogP contribution in [0.5, 0.6) is 0 Å². The number of amides is 1. The molecule has 1 heterocycles. The van der Waals surface area contributed by atoms with E-state index >= 15 is 0 Å². The number of rotatable bonds is 6. The van der Waals surface area contributed by atoms with Gasteiger partial charge in [0.05, 0.1) is 0 Å². The molecule has 25 heavy (non-hydrogen) atoms. The maximum absolute atomic E-state index is 12.7. The van der Waals surface area contributed by atoms with Gasteiger partial charge in [-0.1, -0.05) is 49.6 Å². The van der Waals surface area contributed by atoms with Crippen molar-refractivity contribution >= 4 is 17.7 Å². The highest BCUT2D eigenvalue weighted by atomic mass is 32.2. The summed E-state index contributed by atoms with van der Waals surface area (Å²) in [7, 11) is 0. The fourth-order valence-corrected chi connectivity index (χ4v) is 4.18. The van der Waals surface area contributed by atoms with Gasteiger partial charge >= 0.3 is 0 Å². The second-order valence-corrected chi connectivity index (χ2v) is 7.99. The lowest BCUT2D eigenvalue weighted by molar-refractivity contribution is -0.120. The van der Waals surface area contributed by atoms with Crippen LogP contribution >= 0.6 is 11.8 Å². The standard InChI is InChI=1S/C19H23N3O2S/c23-17(20-15-11-12-15)16(13-7-3-1-4-8-13)25-19-22-21-18(24-19)14-9-5-2-6-10-14/h1,3-4,7-8,14-16H,2,5-6,9-12H2,(H,20,23). The van der Waals surface area contributed by atoms with Crippen LogP contribution < -0.4 is 5.32 Å². The molecule has 2 saturated carbocycles. The summed E-state index contributed by atoms with van der Waals surface area (Å²) in [5.41, 5.74) is 0.961. The minimum Gasteiger partial charge on any atom is -0.416 e. The monoisotopic (exact) mass is 357 g/mol. The third kappa shape index (κ3) is 4.24. The van der Waals surface area contributed by atoms with Crippen LogP contribution in [0, 0.1) is 0 Å². The van der Waals surface area contributed by atoms with Crippen LogP contribution in [0.25, 0.3) is 0 Å². The molecule has 0 bridgehead atoms. The Hall–Kier alpha value is -1.82. The summed E-state index contributed by atoms with van der Waals surface area (Å²) in [5.74, 6) is 1.14. The number of carbonyl (C=O) groups excluding carboxylic acids is 1. The number of benzene rings is 1. The summed E-state index contributed by atoms with van der Waals surface area (Å²) in [6.45, 7) is 0. The molecular formula is C19H23N3O2S. The minimum absolute atomic E-state index is 0.0242. The molecular weight excluding hydrogens is 334 g/mol. The van der Waals surface area contributed by atoms with E-state index in [0.717, 1.165) is 37.1 Å². The van der Waals surface area contributed by atoms with Gasteiger partial charge in [-0.3, -0.25) is 4.79 Å². The van der Waals surface area contributed by atoms with Crippen molar-refractivity contribution in [2.24, 2.45) is 0 Å². The quantitative estimate of drug-likeness (QED) is 0.784. The van der Waals surface area contributed by atoms with Crippen molar-refractivity contribution < 1.29 is 9.21 Å². The highest BCUT2D eigenvalue weighted by Gasteiger charge is 2.31. The Labute approximate surface area is 152 Å². The van der Waals surface area contributed by atoms with E-state index in [1.807, 2.05) is 30.3 Å². The van der Waals surface area contributed by atoms with Crippen molar-refractivity contribution in [1.82, 2.24) is 15.5 Å². The van der Waals surface area contributed by atoms with E-state index < -0.39 is 0 Å². The molecule has 1 atom stereocenters. The summed E-state index contributed by atoms with van der Waals surface area (Å²) < 4.78 is 5.91. The Morgan fingerprint density at radius 3 is 2.56 bits per heavy atom. The molecule has 1 amide bonds. The number of nitrogens with zero attached hydrogens (tertiary/aromatic N) is 2. The van der Waals surface area contributed by atoms with Crippen molar-refractivity contribution in [1.29, 1.82) is 0 Å². The first-order valence-corrected chi connectivity index (χ1v) is 10.0. The fraction of sp³-hybridized carbons (Fsp3) is 0.526. The van der Waals surface area contributed by atoms with Gasteiger partial charge in [0, 0.05) is 12.0 Å². The van der Waals surface area contributed by atoms with E-state index in [1.54, 1.807) is 0 Å². The van der Waals surface area contributed by atoms with E-state index in [0.29, 0.717) is 17.2 Å². The van der Waals surface area contributed by atoms with E-state index in [4.69, 9.17) is 4.42 Å². The maximum Gasteiger partial charge on any atom is 0.277 e. The van der Waals surface area contributed by atoms with Gasteiger partial charge in [-0.05, 0) is 43.0 Å². The number of nitrogens with one attached hydrogen (secondary N) is 1. The Balaban J connectivity index is 1.49. The number of carbonyl (C=O) groups is 1. The van der Waals surface area contributed by atoms with Gasteiger partial charge in [0.25, 0.3) is 5.22 Å². The van der Waals surface area contributed by atoms with Gasteiger partial charge < -0.3 is 9.73 Å². The minimum atomic E-state index is -0.360. The van der Waals surface area contributed by atoms with Gasteiger partial charge in [-0.15, -0.1) is 10.2 Å². The van der Waals surface area contributed by atoms with E-state index in [-0.39, 0.29) is 11.2 Å². The second kappa shape index (κ2) is 7.60. The largest absolute Gasteiger partial charge is 0.416 e. The molecule has 0 saturated heterocycles. The first-order valence-electron chi connectivity index (χ1n) is 9.15. The predicted octanol–water partition coefficient (Wildman–Crippen LogP) is 4.23. The summed E-state index contributed by atoms with van der Waals surface area (Å²) in [4.78, 5) is 12.7. The first kappa shape index (κ1) is 16.6. The third-order valence-corrected chi connectivity index (χ3v) is 5.95. The lowest BCUT2D eigenvalue weighted by atomic mass is 9.89. The molecule has 0 spiro atoms. The zero-order valence-corrected chi connectivity index (χ0v) is 15.0. The van der Waals surface area contributed by atoms with Crippen LogP contribution in [0.2, 0.25) is 0 Å². The molecule has 4 rings (SSSR count). The van der Waals surface area contributed by atoms with Crippen molar-refractivity contribution in [2.45, 2.75) is 67.4 Å². The Bertz CT molecular complexity index is 708. The molecule has 1 unspecified atom stereocenters. The Kier molecular flexibility index (Phi) is 5.06. The van der Waals surface area contributed by atoms with E-state index in [9.17, 15) is 4.79 Å². The molecule has 0 aliphatic heterocycles. The van der Waals surface area contributed by atoms with Crippen LogP contribution in [0.4, 0.5) is 0 Å². The summed E-state index contributed by atoms with van der Waals surface area (Å²) in [6, 6.07) is 10.1. The number of aromatic nitrogens is 2. The molecule has 1 aromatic heterocycles. The summed E-state index contributed by atoms with van der Waals surface area (Å²) in [5, 5.41) is 11.7. The van der Waals surface area contributed by atoms with Crippen LogP contribution in [-0.4, -0.2) is 22.1 Å². The van der Waals surface area contributed by atoms with Crippen molar-refractivity contribution in [2.75, 3.05) is 0 Å². The molecule has 1 N–H and O–H groups in total. The smallest absolute Gasteiger partial charge is 0.277 e. The summed E-state index contributed by atoms with van der Waals surface area (Å²) in [6.07, 6.45) is 8.14. The van der Waals surface area contributed by atoms with Crippen LogP contribution in [0.3, 0.4) is 0 Å². The van der Waals surface area contributed by atoms with Gasteiger partial charge in [-0.25, -0.2) is 0 Å². The zero-order valence-electron chi connectivity index (χ0n) is 14.2. The van der Waals surface area contributed by atoms with Gasteiger partial charge in [0.1, 0.15) is 5.25 Å². The van der Waals surface area contributed by atoms with Crippen LogP contribution in [0.1, 0.15) is 67.6 Å². The third-order valence-electron chi connectivity index (χ3n) is 4.86. The van der Waals surface area contributed by atoms with E-state index in [2.05, 4.69) is 15.5 Å². The van der Waals surface area contributed by atoms with Crippen molar-refractivity contribution in [3.8, 4) is 0 Å². The highest BCUT2D eigenvalue weighted by molar-refractivity contribution is 8.00. The molecule has 2 fully saturated rings. The van der Waals surface area contributed by atoms with Crippen LogP contribution in [0.15, 0.2) is 40.0 Å². The van der Waals surface area contributed by atoms with Gasteiger partial charge in [0.2, 0.25) is 11.8 Å². The average molecular weight is 357 g/mol. The number of thioether (sulfide) groups is 1. The first-order chi connectivity index (χ1) is 12.3. The van der Waals surface area contributed by atoms with Crippen molar-refractivity contribution in [3.05, 3.63) is 41.8 Å². The zero-order chi connectivity index (χ0) is 17.1. The predicted molar refractivity (Wildman–Crippen MR) is 96.3 cm³/mol. The molecule has 2 aliphatic rings.